The maximum atomic E-state index is 14.0. The Hall–Kier alpha value is -6.41. The largest absolute Gasteiger partial charge is 0.451 e. The fourth-order valence-corrected chi connectivity index (χ4v) is 7.14. The minimum atomic E-state index is -4.75. The first kappa shape index (κ1) is 33.7. The van der Waals surface area contributed by atoms with E-state index in [9.17, 15) is 37.1 Å². The van der Waals surface area contributed by atoms with Gasteiger partial charge in [-0.05, 0) is 48.8 Å². The first-order chi connectivity index (χ1) is 25.3. The van der Waals surface area contributed by atoms with E-state index in [0.29, 0.717) is 10.1 Å². The minimum absolute atomic E-state index is 0.0258. The van der Waals surface area contributed by atoms with Gasteiger partial charge in [0.15, 0.2) is 35.4 Å². The van der Waals surface area contributed by atoms with Crippen LogP contribution >= 0.6 is 11.5 Å². The van der Waals surface area contributed by atoms with Gasteiger partial charge < -0.3 is 14.5 Å². The van der Waals surface area contributed by atoms with Gasteiger partial charge >= 0.3 is 12.1 Å². The van der Waals surface area contributed by atoms with Gasteiger partial charge in [0.25, 0.3) is 23.3 Å². The van der Waals surface area contributed by atoms with Crippen molar-refractivity contribution in [1.29, 1.82) is 0 Å². The molecule has 4 aromatic heterocycles. The number of alkyl halides is 3. The Kier molecular flexibility index (Phi) is 7.87. The summed E-state index contributed by atoms with van der Waals surface area (Å²) < 4.78 is 57.0. The molecular weight excluding hydrogens is 723 g/mol. The number of esters is 1. The number of halogens is 3. The Balaban J connectivity index is 1.13. The van der Waals surface area contributed by atoms with Crippen LogP contribution in [0.2, 0.25) is 0 Å². The molecule has 3 amide bonds. The van der Waals surface area contributed by atoms with E-state index in [2.05, 4.69) is 29.6 Å². The van der Waals surface area contributed by atoms with Crippen LogP contribution in [0.5, 0.6) is 0 Å². The number of morpholine rings is 1. The lowest BCUT2D eigenvalue weighted by Gasteiger charge is -2.37. The molecular formula is C33H22F3N9O7S. The van der Waals surface area contributed by atoms with Crippen LogP contribution in [0.3, 0.4) is 0 Å². The van der Waals surface area contributed by atoms with Crippen LogP contribution in [0.15, 0.2) is 65.7 Å². The maximum absolute atomic E-state index is 14.0. The van der Waals surface area contributed by atoms with E-state index in [1.54, 1.807) is 37.3 Å². The van der Waals surface area contributed by atoms with E-state index in [0.717, 1.165) is 40.3 Å². The Morgan fingerprint density at radius 3 is 2.51 bits per heavy atom. The predicted molar refractivity (Wildman–Crippen MR) is 178 cm³/mol. The summed E-state index contributed by atoms with van der Waals surface area (Å²) in [6.45, 7) is 2.71. The molecule has 16 nitrogen and oxygen atoms in total. The van der Waals surface area contributed by atoms with E-state index in [1.807, 2.05) is 0 Å². The van der Waals surface area contributed by atoms with Crippen molar-refractivity contribution in [2.75, 3.05) is 16.3 Å². The SMILES string of the molecule is CC(=O)O[C@@H](c1nc(=O)c2c(ccc3c(N4C(=O)c5ccccc5C4=O)nsc32)[nH]1)[C@H]1O[C@@H](C)CN(c2ccn(-c3cnnc(C(F)(F)F)c3)n2)C1=O. The average Bonchev–Trinajstić information content (AvgIpc) is 3.84. The number of aromatic nitrogens is 7. The molecule has 53 heavy (non-hydrogen) atoms. The molecule has 6 heterocycles. The summed E-state index contributed by atoms with van der Waals surface area (Å²) >= 11 is 0.882. The third-order valence-electron chi connectivity index (χ3n) is 8.54. The molecule has 3 atom stereocenters. The molecule has 1 fully saturated rings. The second kappa shape index (κ2) is 12.4. The molecule has 1 saturated heterocycles. The van der Waals surface area contributed by atoms with E-state index < -0.39 is 59.4 Å². The maximum Gasteiger partial charge on any atom is 0.435 e. The summed E-state index contributed by atoms with van der Waals surface area (Å²) in [7, 11) is 0. The lowest BCUT2D eigenvalue weighted by molar-refractivity contribution is -0.169. The summed E-state index contributed by atoms with van der Waals surface area (Å²) in [6.07, 6.45) is -6.12. The highest BCUT2D eigenvalue weighted by atomic mass is 32.1. The van der Waals surface area contributed by atoms with Gasteiger partial charge in [0.2, 0.25) is 0 Å². The van der Waals surface area contributed by atoms with Crippen molar-refractivity contribution >= 4 is 67.8 Å². The number of hydrogen-bond acceptors (Lipinski definition) is 13. The predicted octanol–water partition coefficient (Wildman–Crippen LogP) is 3.75. The van der Waals surface area contributed by atoms with Crippen molar-refractivity contribution in [3.63, 3.8) is 0 Å². The van der Waals surface area contributed by atoms with Gasteiger partial charge in [0, 0.05) is 24.6 Å². The average molecular weight is 746 g/mol. The van der Waals surface area contributed by atoms with Gasteiger partial charge in [-0.1, -0.05) is 12.1 Å². The second-order valence-electron chi connectivity index (χ2n) is 12.1. The first-order valence-electron chi connectivity index (χ1n) is 15.7. The van der Waals surface area contributed by atoms with Crippen molar-refractivity contribution in [2.45, 2.75) is 38.3 Å². The van der Waals surface area contributed by atoms with Crippen LogP contribution in [0.25, 0.3) is 26.7 Å². The lowest BCUT2D eigenvalue weighted by Crippen LogP contribution is -2.54. The molecule has 0 bridgehead atoms. The van der Waals surface area contributed by atoms with Crippen LogP contribution in [0, 0.1) is 0 Å². The van der Waals surface area contributed by atoms with Gasteiger partial charge in [-0.25, -0.2) is 9.58 Å². The molecule has 0 spiro atoms. The minimum Gasteiger partial charge on any atom is -0.451 e. The molecule has 2 aliphatic rings. The van der Waals surface area contributed by atoms with Crippen molar-refractivity contribution < 1.29 is 41.8 Å². The summed E-state index contributed by atoms with van der Waals surface area (Å²) in [5.74, 6) is -2.79. The zero-order valence-corrected chi connectivity index (χ0v) is 28.0. The second-order valence-corrected chi connectivity index (χ2v) is 12.8. The van der Waals surface area contributed by atoms with E-state index >= 15 is 0 Å². The molecule has 268 valence electrons. The van der Waals surface area contributed by atoms with Crippen LogP contribution < -0.4 is 15.4 Å². The molecule has 0 unspecified atom stereocenters. The number of carbonyl (C=O) groups excluding carboxylic acids is 4. The Morgan fingerprint density at radius 2 is 1.81 bits per heavy atom. The number of carbonyl (C=O) groups is 4. The molecule has 2 aliphatic heterocycles. The van der Waals surface area contributed by atoms with Gasteiger partial charge in [0.05, 0.1) is 51.3 Å². The van der Waals surface area contributed by atoms with E-state index in [4.69, 9.17) is 9.47 Å². The van der Waals surface area contributed by atoms with Crippen molar-refractivity contribution in [2.24, 2.45) is 0 Å². The van der Waals surface area contributed by atoms with Crippen LogP contribution in [0.4, 0.5) is 24.8 Å². The number of amides is 3. The smallest absolute Gasteiger partial charge is 0.435 e. The summed E-state index contributed by atoms with van der Waals surface area (Å²) in [6, 6.07) is 11.6. The molecule has 0 saturated carbocycles. The highest BCUT2D eigenvalue weighted by Gasteiger charge is 2.44. The van der Waals surface area contributed by atoms with Gasteiger partial charge in [-0.2, -0.15) is 27.6 Å². The number of imide groups is 1. The molecule has 0 radical (unpaired) electrons. The number of fused-ring (bicyclic) bond motifs is 4. The lowest BCUT2D eigenvalue weighted by atomic mass is 10.1. The normalized spacial score (nSPS) is 18.2. The monoisotopic (exact) mass is 745 g/mol. The third-order valence-corrected chi connectivity index (χ3v) is 9.41. The summed E-state index contributed by atoms with van der Waals surface area (Å²) in [4.78, 5) is 75.7. The molecule has 20 heteroatoms. The topological polar surface area (TPSA) is 195 Å². The highest BCUT2D eigenvalue weighted by Crippen LogP contribution is 2.38. The summed E-state index contributed by atoms with van der Waals surface area (Å²) in [5, 5.41) is 11.2. The van der Waals surface area contributed by atoms with Crippen LogP contribution in [-0.4, -0.2) is 76.8 Å². The molecule has 6 aromatic rings. The fraction of sp³-hybridized carbons (Fsp3) is 0.212. The quantitative estimate of drug-likeness (QED) is 0.192. The number of nitrogens with one attached hydrogen (secondary N) is 1. The zero-order chi connectivity index (χ0) is 37.3. The number of hydrogen-bond donors (Lipinski definition) is 1. The van der Waals surface area contributed by atoms with Crippen LogP contribution in [-0.2, 0) is 25.2 Å². The molecule has 1 N–H and O–H groups in total. The molecule has 2 aromatic carbocycles. The van der Waals surface area contributed by atoms with Crippen molar-refractivity contribution in [3.05, 3.63) is 93.9 Å². The fourth-order valence-electron chi connectivity index (χ4n) is 6.24. The molecule has 8 rings (SSSR count). The number of benzene rings is 2. The first-order valence-corrected chi connectivity index (χ1v) is 16.5. The number of nitrogens with zero attached hydrogens (tertiary/aromatic N) is 8. The Labute approximate surface area is 297 Å². The standard InChI is InChI=1S/C33H22F3N9O7S/c1-14-13-43(22-9-10-44(41-22)16-11-21(33(34,35)36)40-37-12-16)32(50)25(51-14)24(52-15(2)46)27-38-20-8-7-19-26(23(20)29(47)39-27)53-42-28(19)45-30(48)17-5-3-4-6-18(17)31(45)49/h3-12,14,24-25H,13H2,1-2H3,(H,38,39,47)/t14-,24+,25+/m0/s1. The Morgan fingerprint density at radius 1 is 1.08 bits per heavy atom. The Bertz CT molecular complexity index is 2550. The van der Waals surface area contributed by atoms with Crippen LogP contribution in [0.1, 0.15) is 52.2 Å². The van der Waals surface area contributed by atoms with Gasteiger partial charge in [0.1, 0.15) is 0 Å². The number of anilines is 2. The van der Waals surface area contributed by atoms with Gasteiger partial charge in [-0.3, -0.25) is 28.9 Å². The number of ether oxygens (including phenoxy) is 2. The summed E-state index contributed by atoms with van der Waals surface area (Å²) in [5.41, 5.74) is -1.41. The number of H-pyrrole nitrogens is 1. The van der Waals surface area contributed by atoms with E-state index in [1.165, 1.54) is 23.2 Å². The van der Waals surface area contributed by atoms with Crippen molar-refractivity contribution in [3.8, 4) is 5.69 Å². The third kappa shape index (κ3) is 5.67. The van der Waals surface area contributed by atoms with Crippen molar-refractivity contribution in [1.82, 2.24) is 34.3 Å². The number of aromatic amines is 1. The highest BCUT2D eigenvalue weighted by molar-refractivity contribution is 7.15. The van der Waals surface area contributed by atoms with E-state index in [-0.39, 0.29) is 51.7 Å². The zero-order valence-electron chi connectivity index (χ0n) is 27.2. The number of rotatable bonds is 6. The molecule has 0 aliphatic carbocycles. The van der Waals surface area contributed by atoms with Gasteiger partial charge in [-0.15, -0.1) is 10.2 Å².